The Morgan fingerprint density at radius 3 is 2.63 bits per heavy atom. The number of ether oxygens (including phenoxy) is 2. The molecule has 11 nitrogen and oxygen atoms in total. The van der Waals surface area contributed by atoms with E-state index in [4.69, 9.17) is 9.47 Å². The molecule has 8 rings (SSSR count). The molecule has 1 saturated heterocycles. The van der Waals surface area contributed by atoms with Gasteiger partial charge in [-0.2, -0.15) is 13.2 Å². The van der Waals surface area contributed by atoms with Crippen LogP contribution >= 0.6 is 0 Å². The molecule has 0 radical (unpaired) electrons. The van der Waals surface area contributed by atoms with Crippen molar-refractivity contribution < 1.29 is 42.8 Å². The maximum atomic E-state index is 13.0. The van der Waals surface area contributed by atoms with E-state index in [1.54, 1.807) is 0 Å². The van der Waals surface area contributed by atoms with Crippen LogP contribution in [0.25, 0.3) is 0 Å². The minimum Gasteiger partial charge on any atom is -0.494 e. The van der Waals surface area contributed by atoms with E-state index in [1.807, 2.05) is 0 Å². The Morgan fingerprint density at radius 2 is 1.83 bits per heavy atom. The van der Waals surface area contributed by atoms with Gasteiger partial charge in [0.15, 0.2) is 5.69 Å². The molecule has 4 saturated carbocycles. The van der Waals surface area contributed by atoms with Gasteiger partial charge in [-0.15, -0.1) is 0 Å². The van der Waals surface area contributed by atoms with Crippen LogP contribution in [-0.4, -0.2) is 93.5 Å². The number of alkyl halides is 3. The Morgan fingerprint density at radius 1 is 1.04 bits per heavy atom. The molecule has 54 heavy (non-hydrogen) atoms. The van der Waals surface area contributed by atoms with Gasteiger partial charge in [-0.1, -0.05) is 13.0 Å². The van der Waals surface area contributed by atoms with Crippen LogP contribution in [0.15, 0.2) is 30.6 Å². The maximum absolute atomic E-state index is 13.0. The van der Waals surface area contributed by atoms with Crippen molar-refractivity contribution >= 4 is 11.7 Å². The van der Waals surface area contributed by atoms with Crippen molar-refractivity contribution in [3.8, 4) is 5.75 Å². The predicted molar refractivity (Wildman–Crippen MR) is 193 cm³/mol. The summed E-state index contributed by atoms with van der Waals surface area (Å²) in [7, 11) is 0. The minimum atomic E-state index is -4.67. The van der Waals surface area contributed by atoms with Gasteiger partial charge in [0.2, 0.25) is 5.91 Å². The number of hydrogen-bond donors (Lipinski definition) is 6. The van der Waals surface area contributed by atoms with Crippen molar-refractivity contribution in [2.45, 2.75) is 139 Å². The molecule has 1 aliphatic heterocycles. The fraction of sp³-hybridized carbons (Fsp3) is 0.725. The molecule has 296 valence electrons. The van der Waals surface area contributed by atoms with E-state index in [2.05, 4.69) is 51.0 Å². The van der Waals surface area contributed by atoms with Crippen molar-refractivity contribution in [3.05, 3.63) is 47.4 Å². The van der Waals surface area contributed by atoms with E-state index in [9.17, 15) is 33.3 Å². The van der Waals surface area contributed by atoms with E-state index in [1.165, 1.54) is 30.4 Å². The van der Waals surface area contributed by atoms with Crippen molar-refractivity contribution in [3.63, 3.8) is 0 Å². The Balaban J connectivity index is 0.697. The summed E-state index contributed by atoms with van der Waals surface area (Å²) in [4.78, 5) is 19.8. The summed E-state index contributed by atoms with van der Waals surface area (Å²) >= 11 is 0. The van der Waals surface area contributed by atoms with Crippen LogP contribution in [0, 0.1) is 22.7 Å². The lowest BCUT2D eigenvalue weighted by atomic mass is 9.52. The van der Waals surface area contributed by atoms with Gasteiger partial charge in [0.05, 0.1) is 50.3 Å². The number of nitrogens with one attached hydrogen (secondary N) is 3. The van der Waals surface area contributed by atoms with E-state index in [0.29, 0.717) is 36.6 Å². The van der Waals surface area contributed by atoms with E-state index in [0.717, 1.165) is 69.9 Å². The fourth-order valence-electron chi connectivity index (χ4n) is 11.2. The monoisotopic (exact) mass is 757 g/mol. The first-order valence-electron chi connectivity index (χ1n) is 19.9. The second-order valence-corrected chi connectivity index (χ2v) is 17.4. The fourth-order valence-corrected chi connectivity index (χ4v) is 11.2. The number of hydrogen-bond acceptors (Lipinski definition) is 10. The number of carbonyl (C=O) groups excluding carboxylic acids is 1. The highest BCUT2D eigenvalue weighted by Crippen LogP contribution is 2.61. The van der Waals surface area contributed by atoms with Gasteiger partial charge in [0.1, 0.15) is 23.8 Å². The van der Waals surface area contributed by atoms with E-state index >= 15 is 0 Å². The van der Waals surface area contributed by atoms with Crippen molar-refractivity contribution in [1.29, 1.82) is 0 Å². The van der Waals surface area contributed by atoms with Gasteiger partial charge in [-0.05, 0) is 129 Å². The third-order valence-corrected chi connectivity index (χ3v) is 14.0. The van der Waals surface area contributed by atoms with Crippen LogP contribution in [0.1, 0.15) is 100 Å². The molecule has 6 N–H and O–H groups in total. The second kappa shape index (κ2) is 14.8. The summed E-state index contributed by atoms with van der Waals surface area (Å²) in [6, 6.07) is 6.32. The van der Waals surface area contributed by atoms with Crippen LogP contribution in [0.4, 0.5) is 19.0 Å². The summed E-state index contributed by atoms with van der Waals surface area (Å²) in [6.07, 6.45) is 4.62. The highest BCUT2D eigenvalue weighted by Gasteiger charge is 2.55. The first-order valence-corrected chi connectivity index (χ1v) is 19.9. The summed E-state index contributed by atoms with van der Waals surface area (Å²) in [6.45, 7) is 3.75. The summed E-state index contributed by atoms with van der Waals surface area (Å²) in [5.74, 6) is 2.43. The number of fused-ring (bicyclic) bond motifs is 5. The molecule has 6 aliphatic rings. The minimum absolute atomic E-state index is 0.0582. The van der Waals surface area contributed by atoms with Crippen molar-refractivity contribution in [2.75, 3.05) is 25.1 Å². The number of carbonyl (C=O) groups is 1. The molecule has 0 unspecified atom stereocenters. The maximum Gasteiger partial charge on any atom is 0.434 e. The van der Waals surface area contributed by atoms with Crippen LogP contribution in [0.2, 0.25) is 0 Å². The lowest BCUT2D eigenvalue weighted by molar-refractivity contribution is -0.153. The zero-order valence-electron chi connectivity index (χ0n) is 30.9. The van der Waals surface area contributed by atoms with Crippen LogP contribution < -0.4 is 20.7 Å². The highest BCUT2D eigenvalue weighted by atomic mass is 19.4. The third-order valence-electron chi connectivity index (χ3n) is 14.0. The van der Waals surface area contributed by atoms with Gasteiger partial charge in [0.25, 0.3) is 0 Å². The number of aromatic nitrogens is 2. The molecular weight excluding hydrogens is 703 g/mol. The first kappa shape index (κ1) is 37.9. The Kier molecular flexibility index (Phi) is 10.4. The number of nitrogens with zero attached hydrogens (tertiary/aromatic N) is 2. The van der Waals surface area contributed by atoms with Crippen LogP contribution in [-0.2, 0) is 22.1 Å². The lowest BCUT2D eigenvalue weighted by Gasteiger charge is -2.58. The molecule has 2 heterocycles. The number of benzene rings is 1. The molecule has 9 atom stereocenters. The zero-order chi connectivity index (χ0) is 37.8. The smallest absolute Gasteiger partial charge is 0.434 e. The summed E-state index contributed by atoms with van der Waals surface area (Å²) in [5.41, 5.74) is 2.14. The number of amides is 1. The molecule has 1 amide bonds. The summed E-state index contributed by atoms with van der Waals surface area (Å²) in [5, 5.41) is 41.3. The number of anilines is 1. The van der Waals surface area contributed by atoms with Crippen LogP contribution in [0.3, 0.4) is 0 Å². The second-order valence-electron chi connectivity index (χ2n) is 17.4. The van der Waals surface area contributed by atoms with Gasteiger partial charge >= 0.3 is 6.18 Å². The predicted octanol–water partition coefficient (Wildman–Crippen LogP) is 4.49. The number of aryl methyl sites for hydroxylation is 1. The third kappa shape index (κ3) is 7.45. The van der Waals surface area contributed by atoms with Crippen molar-refractivity contribution in [2.24, 2.45) is 22.7 Å². The Bertz CT molecular complexity index is 1670. The van der Waals surface area contributed by atoms with Gasteiger partial charge in [-0.25, -0.2) is 4.98 Å². The normalized spacial score (nSPS) is 38.4. The molecular formula is C40H54F3N5O6. The van der Waals surface area contributed by atoms with Crippen LogP contribution in [0.5, 0.6) is 5.75 Å². The quantitative estimate of drug-likeness (QED) is 0.181. The lowest BCUT2D eigenvalue weighted by Crippen LogP contribution is -2.61. The van der Waals surface area contributed by atoms with Gasteiger partial charge in [0, 0.05) is 12.1 Å². The number of rotatable bonds is 11. The Labute approximate surface area is 314 Å². The molecule has 2 aromatic rings. The summed E-state index contributed by atoms with van der Waals surface area (Å²) < 4.78 is 50.8. The first-order chi connectivity index (χ1) is 25.8. The number of halogens is 3. The van der Waals surface area contributed by atoms with E-state index in [-0.39, 0.29) is 47.7 Å². The average molecular weight is 758 g/mol. The highest BCUT2D eigenvalue weighted by molar-refractivity contribution is 5.77. The topological polar surface area (TPSA) is 158 Å². The molecule has 5 aliphatic carbocycles. The van der Waals surface area contributed by atoms with E-state index < -0.39 is 36.2 Å². The molecule has 1 spiro atoms. The molecule has 5 fully saturated rings. The zero-order valence-corrected chi connectivity index (χ0v) is 30.9. The largest absolute Gasteiger partial charge is 0.494 e. The molecule has 1 aromatic heterocycles. The SMILES string of the molecule is C[C@]12CC[C@@H]3c4ccc(OCCCNC5CC6(C5)CC(NC(=O)C[C@H]5OC[C@H](Nc7cncc(C(F)(F)F)n7)[C@@H](O)[C@H]5O)C6)cc4CC[C@H]3[C@@H]1CC[C@@H]2O. The van der Waals surface area contributed by atoms with Crippen molar-refractivity contribution in [1.82, 2.24) is 20.6 Å². The van der Waals surface area contributed by atoms with Gasteiger partial charge < -0.3 is 40.7 Å². The molecule has 14 heteroatoms. The van der Waals surface area contributed by atoms with Gasteiger partial charge in [-0.3, -0.25) is 9.78 Å². The molecule has 0 bridgehead atoms. The standard InChI is InChI=1S/C40H54F3N5O6/c1-38-10-9-27-26-6-4-25(13-22(26)3-5-28(27)29(38)7-8-33(38)49)53-12-2-11-45-23-15-39(16-23)17-24(18-39)46-35(50)14-31-37(52)36(51)30(21-54-31)47-34-20-44-19-32(48-34)40(41,42)43/h4,6,13,19-20,23-24,27-31,33,36-37,45,49,51-52H,2-3,5,7-12,14-18,21H2,1H3,(H,46,50)(H,47,48)/t23?,24?,27-,28-,29+,30+,31-,33+,36-,37+,38+,39?/m1/s1. The Hall–Kier alpha value is -3.04. The number of aliphatic hydroxyl groups excluding tert-OH is 3. The number of aliphatic hydroxyl groups is 3. The molecule has 1 aromatic carbocycles. The average Bonchev–Trinajstić information content (AvgIpc) is 3.42.